The van der Waals surface area contributed by atoms with Crippen molar-refractivity contribution in [1.29, 1.82) is 0 Å². The lowest BCUT2D eigenvalue weighted by molar-refractivity contribution is -0.115. The Kier molecular flexibility index (Phi) is 7.93. The number of hydrogen-bond acceptors (Lipinski definition) is 5. The molecule has 1 atom stereocenters. The van der Waals surface area contributed by atoms with E-state index in [0.717, 1.165) is 18.2 Å². The van der Waals surface area contributed by atoms with Gasteiger partial charge in [-0.05, 0) is 67.6 Å². The molecule has 0 fully saturated rings. The van der Waals surface area contributed by atoms with Crippen LogP contribution >= 0.6 is 23.4 Å². The van der Waals surface area contributed by atoms with Crippen LogP contribution in [-0.2, 0) is 4.79 Å². The molecule has 0 radical (unpaired) electrons. The predicted octanol–water partition coefficient (Wildman–Crippen LogP) is 5.11. The number of benzene rings is 3. The molecule has 3 rings (SSSR count). The molecule has 4 N–H and O–H groups in total. The number of aromatic carboxylic acids is 2. The Morgan fingerprint density at radius 3 is 2.18 bits per heavy atom. The highest BCUT2D eigenvalue weighted by atomic mass is 35.5. The zero-order valence-corrected chi connectivity index (χ0v) is 19.3. The van der Waals surface area contributed by atoms with Crippen molar-refractivity contribution in [3.63, 3.8) is 0 Å². The van der Waals surface area contributed by atoms with Crippen molar-refractivity contribution in [2.45, 2.75) is 17.1 Å². The summed E-state index contributed by atoms with van der Waals surface area (Å²) in [6, 6.07) is 16.7. The Morgan fingerprint density at radius 2 is 1.53 bits per heavy atom. The van der Waals surface area contributed by atoms with E-state index >= 15 is 0 Å². The summed E-state index contributed by atoms with van der Waals surface area (Å²) < 4.78 is 0. The van der Waals surface area contributed by atoms with E-state index in [9.17, 15) is 24.3 Å². The summed E-state index contributed by atoms with van der Waals surface area (Å²) in [6.45, 7) is 1.74. The SMILES string of the molecule is CC(Sc1cccc(NC(=O)c2ccc(C(=O)O)cc2C(=O)O)c1)C(=O)Nc1ccc(Cl)cc1. The van der Waals surface area contributed by atoms with Crippen molar-refractivity contribution >= 4 is 58.5 Å². The third kappa shape index (κ3) is 6.37. The van der Waals surface area contributed by atoms with Crippen molar-refractivity contribution < 1.29 is 29.4 Å². The lowest BCUT2D eigenvalue weighted by atomic mass is 10.0. The number of carbonyl (C=O) groups excluding carboxylic acids is 2. The molecule has 3 aromatic carbocycles. The van der Waals surface area contributed by atoms with Crippen molar-refractivity contribution in [1.82, 2.24) is 0 Å². The van der Waals surface area contributed by atoms with E-state index in [1.54, 1.807) is 55.5 Å². The molecule has 0 saturated carbocycles. The monoisotopic (exact) mass is 498 g/mol. The third-order valence-electron chi connectivity index (χ3n) is 4.63. The fourth-order valence-electron chi connectivity index (χ4n) is 2.93. The second-order valence-corrected chi connectivity index (χ2v) is 8.96. The molecule has 0 spiro atoms. The summed E-state index contributed by atoms with van der Waals surface area (Å²) >= 11 is 7.13. The molecule has 0 bridgehead atoms. The molecule has 1 unspecified atom stereocenters. The number of hydrogen-bond donors (Lipinski definition) is 4. The van der Waals surface area contributed by atoms with E-state index in [1.807, 2.05) is 0 Å². The minimum absolute atomic E-state index is 0.175. The first-order chi connectivity index (χ1) is 16.1. The summed E-state index contributed by atoms with van der Waals surface area (Å²) in [6.07, 6.45) is 0. The van der Waals surface area contributed by atoms with Gasteiger partial charge in [-0.3, -0.25) is 9.59 Å². The minimum atomic E-state index is -1.42. The number of carboxylic acids is 2. The first-order valence-electron chi connectivity index (χ1n) is 9.89. The third-order valence-corrected chi connectivity index (χ3v) is 5.97. The molecule has 0 aliphatic rings. The normalized spacial score (nSPS) is 11.4. The summed E-state index contributed by atoms with van der Waals surface area (Å²) in [4.78, 5) is 48.5. The van der Waals surface area contributed by atoms with Gasteiger partial charge in [0.2, 0.25) is 5.91 Å². The highest BCUT2D eigenvalue weighted by Gasteiger charge is 2.20. The van der Waals surface area contributed by atoms with E-state index in [2.05, 4.69) is 10.6 Å². The zero-order valence-electron chi connectivity index (χ0n) is 17.7. The maximum Gasteiger partial charge on any atom is 0.336 e. The van der Waals surface area contributed by atoms with Gasteiger partial charge in [-0.2, -0.15) is 0 Å². The van der Waals surface area contributed by atoms with Crippen molar-refractivity contribution in [2.75, 3.05) is 10.6 Å². The maximum atomic E-state index is 12.7. The molecule has 0 saturated heterocycles. The number of halogens is 1. The van der Waals surface area contributed by atoms with Crippen LogP contribution in [0.4, 0.5) is 11.4 Å². The van der Waals surface area contributed by atoms with E-state index in [0.29, 0.717) is 21.3 Å². The Labute approximate surface area is 203 Å². The molecule has 2 amide bonds. The average molecular weight is 499 g/mol. The van der Waals surface area contributed by atoms with Gasteiger partial charge in [0, 0.05) is 21.3 Å². The first-order valence-corrected chi connectivity index (χ1v) is 11.1. The lowest BCUT2D eigenvalue weighted by Crippen LogP contribution is -2.22. The molecule has 8 nitrogen and oxygen atoms in total. The zero-order chi connectivity index (χ0) is 24.8. The van der Waals surface area contributed by atoms with Crippen molar-refractivity contribution in [2.24, 2.45) is 0 Å². The van der Waals surface area contributed by atoms with Gasteiger partial charge in [0.1, 0.15) is 0 Å². The second kappa shape index (κ2) is 10.9. The molecule has 0 aromatic heterocycles. The van der Waals surface area contributed by atoms with Crippen LogP contribution < -0.4 is 10.6 Å². The molecule has 0 aliphatic heterocycles. The molecule has 3 aromatic rings. The molecule has 10 heteroatoms. The van der Waals surface area contributed by atoms with Crippen LogP contribution in [0.3, 0.4) is 0 Å². The van der Waals surface area contributed by atoms with Crippen LogP contribution in [0.2, 0.25) is 5.02 Å². The maximum absolute atomic E-state index is 12.7. The van der Waals surface area contributed by atoms with Gasteiger partial charge in [-0.25, -0.2) is 9.59 Å². The smallest absolute Gasteiger partial charge is 0.336 e. The Balaban J connectivity index is 1.70. The number of anilines is 2. The highest BCUT2D eigenvalue weighted by molar-refractivity contribution is 8.00. The largest absolute Gasteiger partial charge is 0.478 e. The summed E-state index contributed by atoms with van der Waals surface area (Å²) in [5, 5.41) is 24.0. The van der Waals surface area contributed by atoms with Crippen LogP contribution in [0.5, 0.6) is 0 Å². The van der Waals surface area contributed by atoms with Gasteiger partial charge < -0.3 is 20.8 Å². The van der Waals surface area contributed by atoms with E-state index in [4.69, 9.17) is 16.7 Å². The number of rotatable bonds is 8. The Hall–Kier alpha value is -3.82. The van der Waals surface area contributed by atoms with Crippen LogP contribution in [0.25, 0.3) is 0 Å². The Morgan fingerprint density at radius 1 is 0.824 bits per heavy atom. The first kappa shape index (κ1) is 24.8. The Bertz CT molecular complexity index is 1260. The van der Waals surface area contributed by atoms with Gasteiger partial charge in [0.05, 0.1) is 21.9 Å². The summed E-state index contributed by atoms with van der Waals surface area (Å²) in [5.74, 6) is -3.64. The number of thioether (sulfide) groups is 1. The molecular formula is C24H19ClN2O6S. The van der Waals surface area contributed by atoms with E-state index in [1.165, 1.54) is 11.8 Å². The fraction of sp³-hybridized carbons (Fsp3) is 0.0833. The minimum Gasteiger partial charge on any atom is -0.478 e. The van der Waals surface area contributed by atoms with Gasteiger partial charge in [0.25, 0.3) is 5.91 Å². The number of carboxylic acid groups (broad SMARTS) is 2. The van der Waals surface area contributed by atoms with Crippen LogP contribution in [-0.4, -0.2) is 39.2 Å². The summed E-state index contributed by atoms with van der Waals surface area (Å²) in [5.41, 5.74) is 0.171. The van der Waals surface area contributed by atoms with Crippen LogP contribution in [0, 0.1) is 0 Å². The molecule has 34 heavy (non-hydrogen) atoms. The number of nitrogens with one attached hydrogen (secondary N) is 2. The second-order valence-electron chi connectivity index (χ2n) is 7.11. The van der Waals surface area contributed by atoms with E-state index < -0.39 is 28.7 Å². The fourth-order valence-corrected chi connectivity index (χ4v) is 3.98. The molecule has 0 heterocycles. The van der Waals surface area contributed by atoms with Gasteiger partial charge in [-0.1, -0.05) is 17.7 Å². The van der Waals surface area contributed by atoms with Gasteiger partial charge in [0.15, 0.2) is 0 Å². The molecule has 0 aliphatic carbocycles. The van der Waals surface area contributed by atoms with E-state index in [-0.39, 0.29) is 17.0 Å². The van der Waals surface area contributed by atoms with Crippen molar-refractivity contribution in [3.05, 3.63) is 88.4 Å². The number of amides is 2. The molecular weight excluding hydrogens is 480 g/mol. The van der Waals surface area contributed by atoms with Gasteiger partial charge in [-0.15, -0.1) is 11.8 Å². The molecule has 174 valence electrons. The standard InChI is InChI=1S/C24H19ClN2O6S/c1-13(21(28)26-16-8-6-15(25)7-9-16)34-18-4-2-3-17(12-18)27-22(29)19-10-5-14(23(30)31)11-20(19)24(32)33/h2-13H,1H3,(H,26,28)(H,27,29)(H,30,31)(H,32,33). The van der Waals surface area contributed by atoms with Crippen LogP contribution in [0.15, 0.2) is 71.6 Å². The quantitative estimate of drug-likeness (QED) is 0.317. The average Bonchev–Trinajstić information content (AvgIpc) is 2.80. The lowest BCUT2D eigenvalue weighted by Gasteiger charge is -2.13. The summed E-state index contributed by atoms with van der Waals surface area (Å²) in [7, 11) is 0. The van der Waals surface area contributed by atoms with Crippen molar-refractivity contribution in [3.8, 4) is 0 Å². The highest BCUT2D eigenvalue weighted by Crippen LogP contribution is 2.27. The topological polar surface area (TPSA) is 133 Å². The van der Waals surface area contributed by atoms with Crippen LogP contribution in [0.1, 0.15) is 38.0 Å². The predicted molar refractivity (Wildman–Crippen MR) is 130 cm³/mol. The number of carbonyl (C=O) groups is 4. The van der Waals surface area contributed by atoms with Gasteiger partial charge >= 0.3 is 11.9 Å².